The van der Waals surface area contributed by atoms with Crippen LogP contribution in [0, 0.1) is 11.8 Å². The van der Waals surface area contributed by atoms with Gasteiger partial charge >= 0.3 is 12.3 Å². The average molecular weight is 506 g/mol. The number of rotatable bonds is 3. The van der Waals surface area contributed by atoms with Crippen LogP contribution in [-0.2, 0) is 6.61 Å². The molecule has 3 rings (SSSR count). The SMILES string of the molecule is CC(C)C.CC(C)C.Nc1cnccc1COc1ccc(N)c2ccccc12.O=C(O)O.O=C(O)O. The molecule has 3 aromatic rings. The smallest absolute Gasteiger partial charge is 0.488 e. The molecule has 0 unspecified atom stereocenters. The number of pyridine rings is 1. The highest BCUT2D eigenvalue weighted by Gasteiger charge is 2.06. The predicted octanol–water partition coefficient (Wildman–Crippen LogP) is 6.75. The van der Waals surface area contributed by atoms with Crippen LogP contribution in [0.25, 0.3) is 10.8 Å². The van der Waals surface area contributed by atoms with Gasteiger partial charge in [0.1, 0.15) is 12.4 Å². The Morgan fingerprint density at radius 2 is 1.22 bits per heavy atom. The van der Waals surface area contributed by atoms with E-state index in [2.05, 4.69) is 46.5 Å². The van der Waals surface area contributed by atoms with Crippen LogP contribution >= 0.6 is 0 Å². The fourth-order valence-corrected chi connectivity index (χ4v) is 2.14. The monoisotopic (exact) mass is 505 g/mol. The third-order valence-corrected chi connectivity index (χ3v) is 3.25. The number of carbonyl (C=O) groups is 2. The normalized spacial score (nSPS) is 9.22. The number of fused-ring (bicyclic) bond motifs is 1. The maximum Gasteiger partial charge on any atom is 0.503 e. The third kappa shape index (κ3) is 19.3. The van der Waals surface area contributed by atoms with Crippen LogP contribution in [0.15, 0.2) is 54.9 Å². The van der Waals surface area contributed by atoms with Crippen molar-refractivity contribution in [3.05, 3.63) is 60.4 Å². The Bertz CT molecular complexity index is 1010. The Hall–Kier alpha value is -4.21. The van der Waals surface area contributed by atoms with Gasteiger partial charge in [0.05, 0.1) is 11.9 Å². The van der Waals surface area contributed by atoms with E-state index in [0.717, 1.165) is 39.6 Å². The summed E-state index contributed by atoms with van der Waals surface area (Å²) in [6, 6.07) is 13.5. The molecule has 0 atom stereocenters. The van der Waals surface area contributed by atoms with Crippen molar-refractivity contribution in [2.24, 2.45) is 11.8 Å². The van der Waals surface area contributed by atoms with Crippen molar-refractivity contribution >= 4 is 34.5 Å². The van der Waals surface area contributed by atoms with Gasteiger partial charge in [-0.25, -0.2) is 9.59 Å². The lowest BCUT2D eigenvalue weighted by Crippen LogP contribution is -2.01. The summed E-state index contributed by atoms with van der Waals surface area (Å²) >= 11 is 0. The number of hydrogen-bond acceptors (Lipinski definition) is 6. The first-order chi connectivity index (χ1) is 16.7. The molecule has 0 aliphatic rings. The highest BCUT2D eigenvalue weighted by Crippen LogP contribution is 2.30. The highest BCUT2D eigenvalue weighted by molar-refractivity contribution is 5.96. The van der Waals surface area contributed by atoms with E-state index in [1.807, 2.05) is 42.5 Å². The number of carboxylic acid groups (broad SMARTS) is 4. The molecule has 0 saturated carbocycles. The van der Waals surface area contributed by atoms with Crippen molar-refractivity contribution in [3.63, 3.8) is 0 Å². The lowest BCUT2D eigenvalue weighted by atomic mass is 10.1. The molecule has 200 valence electrons. The molecule has 10 heteroatoms. The molecule has 0 radical (unpaired) electrons. The van der Waals surface area contributed by atoms with Gasteiger partial charge in [0.2, 0.25) is 0 Å². The van der Waals surface area contributed by atoms with E-state index in [1.54, 1.807) is 12.4 Å². The van der Waals surface area contributed by atoms with Crippen LogP contribution in [0.4, 0.5) is 21.0 Å². The Balaban J connectivity index is 0. The van der Waals surface area contributed by atoms with Gasteiger partial charge in [0.15, 0.2) is 0 Å². The van der Waals surface area contributed by atoms with Crippen LogP contribution in [0.3, 0.4) is 0 Å². The number of ether oxygens (including phenoxy) is 1. The lowest BCUT2D eigenvalue weighted by molar-refractivity contribution is 0.135. The van der Waals surface area contributed by atoms with E-state index in [0.29, 0.717) is 12.3 Å². The minimum absolute atomic E-state index is 0.405. The van der Waals surface area contributed by atoms with Gasteiger partial charge in [-0.15, -0.1) is 0 Å². The first kappa shape index (κ1) is 34.0. The molecule has 10 nitrogen and oxygen atoms in total. The number of nitrogens with zero attached hydrogens (tertiary/aromatic N) is 1. The molecule has 0 spiro atoms. The summed E-state index contributed by atoms with van der Waals surface area (Å²) in [5.41, 5.74) is 14.1. The molecule has 0 bridgehead atoms. The minimum atomic E-state index is -1.83. The number of aromatic nitrogens is 1. The fraction of sp³-hybridized carbons (Fsp3) is 0.346. The summed E-state index contributed by atoms with van der Waals surface area (Å²) in [6.45, 7) is 13.4. The van der Waals surface area contributed by atoms with Crippen LogP contribution in [0.1, 0.15) is 47.1 Å². The zero-order chi connectivity index (χ0) is 28.3. The lowest BCUT2D eigenvalue weighted by Gasteiger charge is -2.11. The van der Waals surface area contributed by atoms with Gasteiger partial charge in [-0.1, -0.05) is 65.8 Å². The summed E-state index contributed by atoms with van der Waals surface area (Å²) in [4.78, 5) is 21.1. The topological polar surface area (TPSA) is 189 Å². The second-order valence-corrected chi connectivity index (χ2v) is 8.59. The predicted molar refractivity (Wildman–Crippen MR) is 144 cm³/mol. The maximum absolute atomic E-state index is 8.56. The Morgan fingerprint density at radius 3 is 1.67 bits per heavy atom. The van der Waals surface area contributed by atoms with Gasteiger partial charge in [0.25, 0.3) is 0 Å². The van der Waals surface area contributed by atoms with Crippen LogP contribution in [-0.4, -0.2) is 37.7 Å². The fourth-order valence-electron chi connectivity index (χ4n) is 2.14. The second-order valence-electron chi connectivity index (χ2n) is 8.59. The molecule has 0 saturated heterocycles. The van der Waals surface area contributed by atoms with Crippen molar-refractivity contribution in [3.8, 4) is 5.75 Å². The Labute approximate surface area is 212 Å². The molecule has 8 N–H and O–H groups in total. The molecular weight excluding hydrogens is 466 g/mol. The number of anilines is 2. The molecule has 1 aromatic heterocycles. The Kier molecular flexibility index (Phi) is 18.0. The van der Waals surface area contributed by atoms with Gasteiger partial charge < -0.3 is 36.6 Å². The number of benzene rings is 2. The van der Waals surface area contributed by atoms with Gasteiger partial charge in [-0.2, -0.15) is 0 Å². The van der Waals surface area contributed by atoms with Gasteiger partial charge in [0, 0.05) is 28.2 Å². The molecule has 36 heavy (non-hydrogen) atoms. The van der Waals surface area contributed by atoms with Crippen LogP contribution in [0.5, 0.6) is 5.75 Å². The van der Waals surface area contributed by atoms with Crippen molar-refractivity contribution in [2.45, 2.75) is 48.1 Å². The quantitative estimate of drug-likeness (QED) is 0.208. The third-order valence-electron chi connectivity index (χ3n) is 3.25. The second kappa shape index (κ2) is 19.1. The first-order valence-corrected chi connectivity index (χ1v) is 11.1. The summed E-state index contributed by atoms with van der Waals surface area (Å²) in [5.74, 6) is 2.46. The van der Waals surface area contributed by atoms with Crippen LogP contribution < -0.4 is 16.2 Å². The molecule has 0 amide bonds. The first-order valence-electron chi connectivity index (χ1n) is 11.1. The number of nitrogen functional groups attached to an aromatic ring is 2. The molecule has 2 aromatic carbocycles. The average Bonchev–Trinajstić information content (AvgIpc) is 2.73. The zero-order valence-corrected chi connectivity index (χ0v) is 21.7. The molecule has 0 aliphatic heterocycles. The van der Waals surface area contributed by atoms with Crippen LogP contribution in [0.2, 0.25) is 0 Å². The summed E-state index contributed by atoms with van der Waals surface area (Å²) < 4.78 is 5.88. The standard InChI is InChI=1S/C16H15N3O.2C4H10.2CH2O3/c17-14-5-6-16(13-4-2-1-3-12(13)14)20-10-11-7-8-19-9-15(11)18;2*1-4(2)3;2*2-1(3)4/h1-9H,10,17-18H2;2*4H,1-3H3;2*(H2,2,3,4). The van der Waals surface area contributed by atoms with E-state index >= 15 is 0 Å². The van der Waals surface area contributed by atoms with Crippen molar-refractivity contribution < 1.29 is 34.8 Å². The maximum atomic E-state index is 8.56. The van der Waals surface area contributed by atoms with Crippen molar-refractivity contribution in [1.29, 1.82) is 0 Å². The molecule has 1 heterocycles. The Morgan fingerprint density at radius 1 is 0.778 bits per heavy atom. The highest BCUT2D eigenvalue weighted by atomic mass is 16.6. The summed E-state index contributed by atoms with van der Waals surface area (Å²) in [7, 11) is 0. The van der Waals surface area contributed by atoms with Crippen molar-refractivity contribution in [2.75, 3.05) is 11.5 Å². The van der Waals surface area contributed by atoms with E-state index in [9.17, 15) is 0 Å². The van der Waals surface area contributed by atoms with E-state index in [-0.39, 0.29) is 0 Å². The van der Waals surface area contributed by atoms with Gasteiger partial charge in [-0.05, 0) is 30.0 Å². The molecule has 0 aliphatic carbocycles. The molecular formula is C26H39N3O7. The van der Waals surface area contributed by atoms with Gasteiger partial charge in [-0.3, -0.25) is 4.98 Å². The summed E-state index contributed by atoms with van der Waals surface area (Å²) in [6.07, 6.45) is -0.337. The molecule has 0 fully saturated rings. The summed E-state index contributed by atoms with van der Waals surface area (Å²) in [5, 5.41) is 29.9. The minimum Gasteiger partial charge on any atom is -0.488 e. The van der Waals surface area contributed by atoms with E-state index < -0.39 is 12.3 Å². The largest absolute Gasteiger partial charge is 0.503 e. The number of hydrogen-bond donors (Lipinski definition) is 6. The van der Waals surface area contributed by atoms with E-state index in [1.165, 1.54) is 0 Å². The van der Waals surface area contributed by atoms with E-state index in [4.69, 9.17) is 46.2 Å². The van der Waals surface area contributed by atoms with Crippen molar-refractivity contribution in [1.82, 2.24) is 4.98 Å². The zero-order valence-electron chi connectivity index (χ0n) is 21.7. The number of nitrogens with two attached hydrogens (primary N) is 2.